The summed E-state index contributed by atoms with van der Waals surface area (Å²) in [5, 5.41) is 9.01. The Balaban J connectivity index is 1.58. The van der Waals surface area contributed by atoms with E-state index in [4.69, 9.17) is 11.6 Å². The van der Waals surface area contributed by atoms with Crippen molar-refractivity contribution in [2.24, 2.45) is 7.05 Å². The van der Waals surface area contributed by atoms with E-state index in [1.54, 1.807) is 17.8 Å². The van der Waals surface area contributed by atoms with Crippen molar-refractivity contribution in [1.29, 1.82) is 0 Å². The molecule has 2 N–H and O–H groups in total. The highest BCUT2D eigenvalue weighted by Gasteiger charge is 2.19. The van der Waals surface area contributed by atoms with Gasteiger partial charge in [0.1, 0.15) is 5.15 Å². The first-order valence-corrected chi connectivity index (χ1v) is 11.2. The molecule has 6 nitrogen and oxygen atoms in total. The zero-order chi connectivity index (χ0) is 23.5. The largest absolute Gasteiger partial charge is 0.378 e. The number of hydrogen-bond acceptors (Lipinski definition) is 3. The molecule has 4 aromatic rings. The molecule has 0 saturated carbocycles. The highest BCUT2D eigenvalue weighted by atomic mass is 35.5. The van der Waals surface area contributed by atoms with Gasteiger partial charge in [-0.15, -0.1) is 0 Å². The lowest BCUT2D eigenvalue weighted by atomic mass is 9.90. The van der Waals surface area contributed by atoms with Crippen LogP contribution in [0.3, 0.4) is 0 Å². The third kappa shape index (κ3) is 4.81. The number of halogens is 1. The molecule has 170 valence electrons. The van der Waals surface area contributed by atoms with Crippen LogP contribution in [-0.4, -0.2) is 41.3 Å². The summed E-state index contributed by atoms with van der Waals surface area (Å²) in [7, 11) is 5.82. The predicted octanol–water partition coefficient (Wildman–Crippen LogP) is 4.89. The molecule has 1 amide bonds. The van der Waals surface area contributed by atoms with Crippen LogP contribution in [0.15, 0.2) is 60.8 Å². The van der Waals surface area contributed by atoms with Gasteiger partial charge >= 0.3 is 0 Å². The van der Waals surface area contributed by atoms with Crippen LogP contribution in [0.4, 0.5) is 5.69 Å². The number of benzene rings is 2. The third-order valence-corrected chi connectivity index (χ3v) is 6.33. The van der Waals surface area contributed by atoms with Crippen LogP contribution in [0.5, 0.6) is 0 Å². The van der Waals surface area contributed by atoms with Gasteiger partial charge in [-0.3, -0.25) is 9.48 Å². The van der Waals surface area contributed by atoms with Crippen LogP contribution < -0.4 is 10.2 Å². The van der Waals surface area contributed by atoms with Gasteiger partial charge in [0.2, 0.25) is 5.91 Å². The molecule has 1 atom stereocenters. The number of rotatable bonds is 7. The molecule has 0 fully saturated rings. The average Bonchev–Trinajstić information content (AvgIpc) is 3.33. The van der Waals surface area contributed by atoms with E-state index in [-0.39, 0.29) is 11.8 Å². The predicted molar refractivity (Wildman–Crippen MR) is 136 cm³/mol. The van der Waals surface area contributed by atoms with Crippen LogP contribution in [-0.2, 0) is 11.8 Å². The molecule has 0 aliphatic carbocycles. The topological polar surface area (TPSA) is 66.0 Å². The van der Waals surface area contributed by atoms with Crippen molar-refractivity contribution in [3.05, 3.63) is 88.3 Å². The minimum atomic E-state index is -0.177. The van der Waals surface area contributed by atoms with Crippen LogP contribution in [0, 0.1) is 6.92 Å². The second-order valence-electron chi connectivity index (χ2n) is 8.32. The van der Waals surface area contributed by atoms with E-state index in [1.807, 2.05) is 39.3 Å². The zero-order valence-electron chi connectivity index (χ0n) is 19.3. The average molecular weight is 462 g/mol. The molecule has 0 aliphatic rings. The van der Waals surface area contributed by atoms with E-state index in [2.05, 4.69) is 56.7 Å². The van der Waals surface area contributed by atoms with Gasteiger partial charge in [-0.25, -0.2) is 0 Å². The van der Waals surface area contributed by atoms with Crippen LogP contribution in [0.1, 0.15) is 28.3 Å². The van der Waals surface area contributed by atoms with E-state index in [0.29, 0.717) is 11.7 Å². The fourth-order valence-corrected chi connectivity index (χ4v) is 4.29. The summed E-state index contributed by atoms with van der Waals surface area (Å²) in [5.41, 5.74) is 6.04. The van der Waals surface area contributed by atoms with Gasteiger partial charge in [0.15, 0.2) is 0 Å². The molecule has 2 heterocycles. The molecule has 7 heteroatoms. The van der Waals surface area contributed by atoms with E-state index in [9.17, 15) is 4.79 Å². The number of carbonyl (C=O) groups is 1. The number of nitrogens with one attached hydrogen (secondary N) is 2. The summed E-state index contributed by atoms with van der Waals surface area (Å²) in [5.74, 6) is -0.178. The fourth-order valence-electron chi connectivity index (χ4n) is 4.05. The maximum Gasteiger partial charge on any atom is 0.244 e. The summed E-state index contributed by atoms with van der Waals surface area (Å²) >= 11 is 6.27. The number of aromatic nitrogens is 3. The van der Waals surface area contributed by atoms with Crippen molar-refractivity contribution in [1.82, 2.24) is 20.1 Å². The maximum atomic E-state index is 12.7. The quantitative estimate of drug-likeness (QED) is 0.385. The zero-order valence-corrected chi connectivity index (χ0v) is 20.0. The molecular weight excluding hydrogens is 434 g/mol. The normalized spacial score (nSPS) is 12.4. The molecule has 2 aromatic carbocycles. The number of para-hydroxylation sites is 1. The molecule has 0 saturated heterocycles. The van der Waals surface area contributed by atoms with Gasteiger partial charge < -0.3 is 15.2 Å². The van der Waals surface area contributed by atoms with Gasteiger partial charge in [-0.2, -0.15) is 5.10 Å². The Morgan fingerprint density at radius 1 is 1.21 bits per heavy atom. The first-order chi connectivity index (χ1) is 15.8. The van der Waals surface area contributed by atoms with Crippen LogP contribution in [0.2, 0.25) is 5.15 Å². The van der Waals surface area contributed by atoms with Gasteiger partial charge in [0.25, 0.3) is 0 Å². The number of nitrogens with zero attached hydrogens (tertiary/aromatic N) is 3. The Morgan fingerprint density at radius 3 is 2.61 bits per heavy atom. The molecular formula is C26H28ClN5O. The van der Waals surface area contributed by atoms with E-state index < -0.39 is 0 Å². The van der Waals surface area contributed by atoms with Crippen molar-refractivity contribution >= 4 is 40.2 Å². The van der Waals surface area contributed by atoms with Gasteiger partial charge in [0, 0.05) is 68.0 Å². The Morgan fingerprint density at radius 2 is 1.94 bits per heavy atom. The Labute approximate surface area is 198 Å². The third-order valence-electron chi connectivity index (χ3n) is 5.89. The lowest BCUT2D eigenvalue weighted by Crippen LogP contribution is -2.27. The monoisotopic (exact) mass is 461 g/mol. The fraction of sp³-hybridized carbons (Fsp3) is 0.231. The molecule has 0 radical (unpaired) electrons. The number of fused-ring (bicyclic) bond motifs is 1. The Kier molecular flexibility index (Phi) is 6.56. The second-order valence-corrected chi connectivity index (χ2v) is 8.68. The molecule has 2 aromatic heterocycles. The molecule has 0 bridgehead atoms. The van der Waals surface area contributed by atoms with Crippen molar-refractivity contribution in [3.63, 3.8) is 0 Å². The minimum absolute atomic E-state index is 0.00146. The molecule has 33 heavy (non-hydrogen) atoms. The molecule has 0 aliphatic heterocycles. The second kappa shape index (κ2) is 9.55. The first kappa shape index (κ1) is 22.7. The summed E-state index contributed by atoms with van der Waals surface area (Å²) in [6.07, 6.45) is 5.26. The first-order valence-electron chi connectivity index (χ1n) is 10.8. The van der Waals surface area contributed by atoms with E-state index in [1.165, 1.54) is 6.08 Å². The smallest absolute Gasteiger partial charge is 0.244 e. The minimum Gasteiger partial charge on any atom is -0.378 e. The van der Waals surface area contributed by atoms with Crippen LogP contribution in [0.25, 0.3) is 17.0 Å². The SMILES string of the molecule is Cc1nn(C)c(Cl)c1/C=C/C(=O)NCC(c1ccc(N(C)C)cc1)c1c[nH]c2ccccc12. The summed E-state index contributed by atoms with van der Waals surface area (Å²) < 4.78 is 1.60. The van der Waals surface area contributed by atoms with Gasteiger partial charge in [-0.1, -0.05) is 41.9 Å². The van der Waals surface area contributed by atoms with E-state index in [0.717, 1.165) is 39.0 Å². The summed E-state index contributed by atoms with van der Waals surface area (Å²) in [6, 6.07) is 16.7. The lowest BCUT2D eigenvalue weighted by molar-refractivity contribution is -0.116. The molecule has 1 unspecified atom stereocenters. The molecule has 0 spiro atoms. The van der Waals surface area contributed by atoms with E-state index >= 15 is 0 Å². The van der Waals surface area contributed by atoms with Gasteiger partial charge in [0.05, 0.1) is 5.69 Å². The number of aryl methyl sites for hydroxylation is 2. The Hall–Kier alpha value is -3.51. The van der Waals surface area contributed by atoms with Crippen molar-refractivity contribution in [3.8, 4) is 0 Å². The van der Waals surface area contributed by atoms with Gasteiger partial charge in [-0.05, 0) is 42.3 Å². The number of carbonyl (C=O) groups excluding carboxylic acids is 1. The highest BCUT2D eigenvalue weighted by Crippen LogP contribution is 2.31. The maximum absolute atomic E-state index is 12.7. The lowest BCUT2D eigenvalue weighted by Gasteiger charge is -2.19. The van der Waals surface area contributed by atoms with Crippen molar-refractivity contribution < 1.29 is 4.79 Å². The standard InChI is InChI=1S/C26H28ClN5O/c1-17-20(26(27)32(4)30-17)13-14-25(33)29-15-22(18-9-11-19(12-10-18)31(2)3)23-16-28-24-8-6-5-7-21(23)24/h5-14,16,22,28H,15H2,1-4H3,(H,29,33)/b14-13+. The summed E-state index contributed by atoms with van der Waals surface area (Å²) in [6.45, 7) is 2.33. The highest BCUT2D eigenvalue weighted by molar-refractivity contribution is 6.31. The summed E-state index contributed by atoms with van der Waals surface area (Å²) in [4.78, 5) is 18.1. The number of H-pyrrole nitrogens is 1. The van der Waals surface area contributed by atoms with Crippen LogP contribution >= 0.6 is 11.6 Å². The number of hydrogen-bond donors (Lipinski definition) is 2. The number of amides is 1. The Bertz CT molecular complexity index is 1300. The molecule has 4 rings (SSSR count). The van der Waals surface area contributed by atoms with Crippen molar-refractivity contribution in [2.75, 3.05) is 25.5 Å². The number of anilines is 1. The number of aromatic amines is 1. The van der Waals surface area contributed by atoms with Crippen molar-refractivity contribution in [2.45, 2.75) is 12.8 Å².